The molecule has 3 heterocycles. The molecule has 0 aromatic carbocycles. The second-order valence-electron chi connectivity index (χ2n) is 5.06. The molecule has 2 unspecified atom stereocenters. The zero-order valence-corrected chi connectivity index (χ0v) is 12.2. The van der Waals surface area contributed by atoms with Crippen LogP contribution in [0.15, 0.2) is 29.9 Å². The summed E-state index contributed by atoms with van der Waals surface area (Å²) in [6.07, 6.45) is 5.31. The fourth-order valence-electron chi connectivity index (χ4n) is 2.52. The van der Waals surface area contributed by atoms with E-state index in [9.17, 15) is 4.79 Å². The second kappa shape index (κ2) is 5.76. The van der Waals surface area contributed by atoms with Gasteiger partial charge in [-0.1, -0.05) is 6.07 Å². The summed E-state index contributed by atoms with van der Waals surface area (Å²) in [6.45, 7) is 0.765. The van der Waals surface area contributed by atoms with Gasteiger partial charge in [0.2, 0.25) is 5.91 Å². The quantitative estimate of drug-likeness (QED) is 0.876. The summed E-state index contributed by atoms with van der Waals surface area (Å²) in [7, 11) is 2.00. The lowest BCUT2D eigenvalue weighted by atomic mass is 10.2. The molecule has 2 aromatic rings. The molecule has 3 rings (SSSR count). The zero-order valence-electron chi connectivity index (χ0n) is 11.4. The molecular weight excluding hydrogens is 272 g/mol. The number of imidazole rings is 1. The van der Waals surface area contributed by atoms with Crippen molar-refractivity contribution in [3.63, 3.8) is 0 Å². The molecule has 20 heavy (non-hydrogen) atoms. The Morgan fingerprint density at radius 3 is 3.15 bits per heavy atom. The number of carbonyl (C=O) groups is 1. The number of rotatable bonds is 5. The number of hydrogen-bond acceptors (Lipinski definition) is 4. The number of carbonyl (C=O) groups excluding carboxylic acids is 1. The number of aryl methyl sites for hydroxylation is 1. The summed E-state index contributed by atoms with van der Waals surface area (Å²) < 4.78 is 2.03. The van der Waals surface area contributed by atoms with Gasteiger partial charge in [-0.15, -0.1) is 11.3 Å². The number of nitrogens with one attached hydrogen (secondary N) is 2. The number of nitrogens with zero attached hydrogens (tertiary/aromatic N) is 2. The van der Waals surface area contributed by atoms with E-state index in [4.69, 9.17) is 0 Å². The van der Waals surface area contributed by atoms with E-state index in [0.717, 1.165) is 18.8 Å². The standard InChI is InChI=1S/C14H18N4OS/c1-18-7-6-15-14(18)13(11-3-2-8-20-11)16-9-10-4-5-12(19)17-10/h2-3,6-8,10,13,16H,4-5,9H2,1H3,(H,17,19). The van der Waals surface area contributed by atoms with Gasteiger partial charge in [0.25, 0.3) is 0 Å². The normalized spacial score (nSPS) is 20.1. The highest BCUT2D eigenvalue weighted by Gasteiger charge is 2.24. The summed E-state index contributed by atoms with van der Waals surface area (Å²) in [5.74, 6) is 1.15. The van der Waals surface area contributed by atoms with Gasteiger partial charge in [0.15, 0.2) is 0 Å². The van der Waals surface area contributed by atoms with Gasteiger partial charge in [0.05, 0.1) is 0 Å². The smallest absolute Gasteiger partial charge is 0.220 e. The van der Waals surface area contributed by atoms with E-state index in [2.05, 4.69) is 33.1 Å². The van der Waals surface area contributed by atoms with E-state index in [1.165, 1.54) is 4.88 Å². The van der Waals surface area contributed by atoms with Crippen molar-refractivity contribution in [3.8, 4) is 0 Å². The van der Waals surface area contributed by atoms with E-state index < -0.39 is 0 Å². The molecule has 0 aliphatic carbocycles. The van der Waals surface area contributed by atoms with Gasteiger partial charge in [-0.3, -0.25) is 4.79 Å². The van der Waals surface area contributed by atoms with Crippen LogP contribution in [0.2, 0.25) is 0 Å². The Hall–Kier alpha value is -1.66. The van der Waals surface area contributed by atoms with Crippen LogP contribution in [-0.2, 0) is 11.8 Å². The van der Waals surface area contributed by atoms with Gasteiger partial charge in [-0.05, 0) is 17.9 Å². The lowest BCUT2D eigenvalue weighted by molar-refractivity contribution is -0.119. The zero-order chi connectivity index (χ0) is 13.9. The maximum Gasteiger partial charge on any atom is 0.220 e. The maximum atomic E-state index is 11.3. The summed E-state index contributed by atoms with van der Waals surface area (Å²) in [4.78, 5) is 16.9. The highest BCUT2D eigenvalue weighted by Crippen LogP contribution is 2.24. The van der Waals surface area contributed by atoms with Crippen LogP contribution >= 0.6 is 11.3 Å². The van der Waals surface area contributed by atoms with Gasteiger partial charge >= 0.3 is 0 Å². The fraction of sp³-hybridized carbons (Fsp3) is 0.429. The third-order valence-electron chi connectivity index (χ3n) is 3.60. The van der Waals surface area contributed by atoms with Crippen LogP contribution in [-0.4, -0.2) is 28.0 Å². The van der Waals surface area contributed by atoms with Gasteiger partial charge in [-0.2, -0.15) is 0 Å². The van der Waals surface area contributed by atoms with Crippen molar-refractivity contribution in [3.05, 3.63) is 40.6 Å². The third kappa shape index (κ3) is 2.76. The van der Waals surface area contributed by atoms with Crippen molar-refractivity contribution in [2.24, 2.45) is 7.05 Å². The number of aromatic nitrogens is 2. The number of thiophene rings is 1. The van der Waals surface area contributed by atoms with Crippen LogP contribution in [0, 0.1) is 0 Å². The Labute approximate surface area is 122 Å². The van der Waals surface area contributed by atoms with E-state index in [0.29, 0.717) is 6.42 Å². The third-order valence-corrected chi connectivity index (χ3v) is 4.53. The summed E-state index contributed by atoms with van der Waals surface area (Å²) in [5, 5.41) is 8.60. The van der Waals surface area contributed by atoms with Crippen molar-refractivity contribution in [1.29, 1.82) is 0 Å². The van der Waals surface area contributed by atoms with E-state index in [-0.39, 0.29) is 18.0 Å². The predicted octanol–water partition coefficient (Wildman–Crippen LogP) is 1.44. The highest BCUT2D eigenvalue weighted by atomic mass is 32.1. The highest BCUT2D eigenvalue weighted by molar-refractivity contribution is 7.10. The molecular formula is C14H18N4OS. The monoisotopic (exact) mass is 290 g/mol. The first-order valence-corrected chi connectivity index (χ1v) is 7.65. The SMILES string of the molecule is Cn1ccnc1C(NCC1CCC(=O)N1)c1cccs1. The Kier molecular flexibility index (Phi) is 3.84. The summed E-state index contributed by atoms with van der Waals surface area (Å²) in [6, 6.07) is 4.47. The average molecular weight is 290 g/mol. The Balaban J connectivity index is 1.73. The molecule has 2 atom stereocenters. The minimum atomic E-state index is 0.0764. The Morgan fingerprint density at radius 1 is 1.65 bits per heavy atom. The van der Waals surface area contributed by atoms with E-state index in [1.807, 2.05) is 24.0 Å². The average Bonchev–Trinajstić information content (AvgIpc) is 3.14. The molecule has 2 aromatic heterocycles. The molecule has 2 N–H and O–H groups in total. The van der Waals surface area contributed by atoms with E-state index >= 15 is 0 Å². The van der Waals surface area contributed by atoms with Crippen molar-refractivity contribution in [2.75, 3.05) is 6.54 Å². The molecule has 0 bridgehead atoms. The number of amides is 1. The van der Waals surface area contributed by atoms with Crippen molar-refractivity contribution in [1.82, 2.24) is 20.2 Å². The van der Waals surface area contributed by atoms with Crippen LogP contribution in [0.1, 0.15) is 29.6 Å². The summed E-state index contributed by atoms with van der Waals surface area (Å²) in [5.41, 5.74) is 0. The van der Waals surface area contributed by atoms with Gasteiger partial charge in [-0.25, -0.2) is 4.98 Å². The minimum absolute atomic E-state index is 0.0764. The molecule has 5 nitrogen and oxygen atoms in total. The Bertz CT molecular complexity index is 578. The van der Waals surface area contributed by atoms with Crippen molar-refractivity contribution in [2.45, 2.75) is 24.9 Å². The molecule has 1 amide bonds. The van der Waals surface area contributed by atoms with Gasteiger partial charge in [0, 0.05) is 43.3 Å². The lowest BCUT2D eigenvalue weighted by Gasteiger charge is -2.20. The Morgan fingerprint density at radius 2 is 2.55 bits per heavy atom. The van der Waals surface area contributed by atoms with Gasteiger partial charge in [0.1, 0.15) is 11.9 Å². The molecule has 0 spiro atoms. The van der Waals surface area contributed by atoms with Crippen LogP contribution in [0.3, 0.4) is 0 Å². The van der Waals surface area contributed by atoms with Crippen LogP contribution in [0.5, 0.6) is 0 Å². The molecule has 0 radical (unpaired) electrons. The first-order valence-electron chi connectivity index (χ1n) is 6.77. The summed E-state index contributed by atoms with van der Waals surface area (Å²) >= 11 is 1.72. The molecule has 1 fully saturated rings. The topological polar surface area (TPSA) is 59.0 Å². The molecule has 0 saturated carbocycles. The van der Waals surface area contributed by atoms with Crippen molar-refractivity contribution >= 4 is 17.2 Å². The fourth-order valence-corrected chi connectivity index (χ4v) is 3.32. The van der Waals surface area contributed by atoms with Crippen LogP contribution in [0.4, 0.5) is 0 Å². The largest absolute Gasteiger partial charge is 0.352 e. The first-order chi connectivity index (χ1) is 9.74. The van der Waals surface area contributed by atoms with Gasteiger partial charge < -0.3 is 15.2 Å². The lowest BCUT2D eigenvalue weighted by Crippen LogP contribution is -2.38. The van der Waals surface area contributed by atoms with Crippen LogP contribution < -0.4 is 10.6 Å². The maximum absolute atomic E-state index is 11.3. The van der Waals surface area contributed by atoms with Crippen LogP contribution in [0.25, 0.3) is 0 Å². The van der Waals surface area contributed by atoms with Crippen molar-refractivity contribution < 1.29 is 4.79 Å². The molecule has 1 aliphatic heterocycles. The number of hydrogen-bond donors (Lipinski definition) is 2. The molecule has 1 saturated heterocycles. The first kappa shape index (κ1) is 13.3. The van der Waals surface area contributed by atoms with E-state index in [1.54, 1.807) is 11.3 Å². The predicted molar refractivity (Wildman–Crippen MR) is 78.5 cm³/mol. The molecule has 6 heteroatoms. The molecule has 1 aliphatic rings. The second-order valence-corrected chi connectivity index (χ2v) is 6.04. The minimum Gasteiger partial charge on any atom is -0.352 e. The molecule has 106 valence electrons.